The normalized spacial score (nSPS) is 11.8. The van der Waals surface area contributed by atoms with Crippen LogP contribution in [0.4, 0.5) is 0 Å². The van der Waals surface area contributed by atoms with Gasteiger partial charge >= 0.3 is 0 Å². The standard InChI is InChI=1S/C19H19N3O2S/c1-12(15-8-4-5-9-16(15)24-3)21-18(23)17-13(2)22-19(25-17)14-7-6-10-20-11-14/h4-12H,1-3H3,(H,21,23). The molecule has 0 spiro atoms. The number of aromatic nitrogens is 2. The lowest BCUT2D eigenvalue weighted by molar-refractivity contribution is 0.0943. The Labute approximate surface area is 150 Å². The van der Waals surface area contributed by atoms with Crippen LogP contribution in [0.5, 0.6) is 5.75 Å². The van der Waals surface area contributed by atoms with Gasteiger partial charge in [-0.1, -0.05) is 18.2 Å². The van der Waals surface area contributed by atoms with Crippen LogP contribution in [0.25, 0.3) is 10.6 Å². The molecule has 25 heavy (non-hydrogen) atoms. The third-order valence-electron chi connectivity index (χ3n) is 3.86. The van der Waals surface area contributed by atoms with Crippen molar-refractivity contribution in [3.8, 4) is 16.3 Å². The van der Waals surface area contributed by atoms with Gasteiger partial charge in [0.25, 0.3) is 5.91 Å². The van der Waals surface area contributed by atoms with Crippen LogP contribution in [0, 0.1) is 6.92 Å². The maximum atomic E-state index is 12.7. The molecule has 0 fully saturated rings. The molecule has 128 valence electrons. The van der Waals surface area contributed by atoms with Gasteiger partial charge in [0.1, 0.15) is 15.6 Å². The number of rotatable bonds is 5. The highest BCUT2D eigenvalue weighted by Gasteiger charge is 2.20. The van der Waals surface area contributed by atoms with Crippen molar-refractivity contribution in [3.63, 3.8) is 0 Å². The number of hydrogen-bond donors (Lipinski definition) is 1. The Balaban J connectivity index is 1.81. The van der Waals surface area contributed by atoms with Gasteiger partial charge < -0.3 is 10.1 Å². The van der Waals surface area contributed by atoms with Crippen molar-refractivity contribution in [2.75, 3.05) is 7.11 Å². The molecule has 0 aliphatic heterocycles. The van der Waals surface area contributed by atoms with E-state index in [1.165, 1.54) is 11.3 Å². The van der Waals surface area contributed by atoms with Gasteiger partial charge in [0.05, 0.1) is 18.8 Å². The first-order valence-corrected chi connectivity index (χ1v) is 8.73. The monoisotopic (exact) mass is 353 g/mol. The molecule has 1 atom stereocenters. The molecule has 0 radical (unpaired) electrons. The molecule has 0 bridgehead atoms. The number of thiazole rings is 1. The van der Waals surface area contributed by atoms with Crippen molar-refractivity contribution in [2.45, 2.75) is 19.9 Å². The van der Waals surface area contributed by atoms with Crippen molar-refractivity contribution >= 4 is 17.2 Å². The minimum Gasteiger partial charge on any atom is -0.496 e. The number of benzene rings is 1. The smallest absolute Gasteiger partial charge is 0.263 e. The molecule has 0 saturated carbocycles. The van der Waals surface area contributed by atoms with Crippen LogP contribution in [-0.2, 0) is 0 Å². The number of carbonyl (C=O) groups is 1. The maximum Gasteiger partial charge on any atom is 0.263 e. The molecule has 1 aromatic carbocycles. The fraction of sp³-hybridized carbons (Fsp3) is 0.211. The Hall–Kier alpha value is -2.73. The first-order chi connectivity index (χ1) is 12.1. The Morgan fingerprint density at radius 1 is 1.24 bits per heavy atom. The van der Waals surface area contributed by atoms with E-state index in [9.17, 15) is 4.79 Å². The van der Waals surface area contributed by atoms with E-state index in [0.717, 1.165) is 21.9 Å². The maximum absolute atomic E-state index is 12.7. The van der Waals surface area contributed by atoms with Crippen LogP contribution in [0.1, 0.15) is 33.9 Å². The summed E-state index contributed by atoms with van der Waals surface area (Å²) in [6.45, 7) is 3.78. The van der Waals surface area contributed by atoms with Crippen molar-refractivity contribution in [1.29, 1.82) is 0 Å². The van der Waals surface area contributed by atoms with E-state index in [0.29, 0.717) is 10.6 Å². The van der Waals surface area contributed by atoms with Crippen molar-refractivity contribution < 1.29 is 9.53 Å². The first-order valence-electron chi connectivity index (χ1n) is 7.91. The number of amides is 1. The van der Waals surface area contributed by atoms with E-state index < -0.39 is 0 Å². The number of carbonyl (C=O) groups excluding carboxylic acids is 1. The summed E-state index contributed by atoms with van der Waals surface area (Å²) in [5.74, 6) is 0.621. The fourth-order valence-corrected chi connectivity index (χ4v) is 3.54. The average Bonchev–Trinajstić information content (AvgIpc) is 3.04. The quantitative estimate of drug-likeness (QED) is 0.753. The van der Waals surface area contributed by atoms with Crippen LogP contribution < -0.4 is 10.1 Å². The van der Waals surface area contributed by atoms with E-state index in [1.54, 1.807) is 19.5 Å². The third-order valence-corrected chi connectivity index (χ3v) is 5.07. The Morgan fingerprint density at radius 2 is 2.04 bits per heavy atom. The van der Waals surface area contributed by atoms with E-state index >= 15 is 0 Å². The van der Waals surface area contributed by atoms with Gasteiger partial charge in [-0.2, -0.15) is 0 Å². The minimum absolute atomic E-state index is 0.136. The molecule has 5 nitrogen and oxygen atoms in total. The zero-order valence-electron chi connectivity index (χ0n) is 14.3. The van der Waals surface area contributed by atoms with Gasteiger partial charge in [-0.3, -0.25) is 9.78 Å². The van der Waals surface area contributed by atoms with Crippen molar-refractivity contribution in [1.82, 2.24) is 15.3 Å². The number of methoxy groups -OCH3 is 1. The predicted octanol–water partition coefficient (Wildman–Crippen LogP) is 4.01. The van der Waals surface area contributed by atoms with E-state index in [4.69, 9.17) is 4.74 Å². The van der Waals surface area contributed by atoms with Crippen LogP contribution in [0.2, 0.25) is 0 Å². The Kier molecular flexibility index (Phi) is 5.09. The summed E-state index contributed by atoms with van der Waals surface area (Å²) < 4.78 is 5.37. The highest BCUT2D eigenvalue weighted by atomic mass is 32.1. The van der Waals surface area contributed by atoms with Gasteiger partial charge in [0, 0.05) is 23.5 Å². The zero-order valence-corrected chi connectivity index (χ0v) is 15.1. The number of nitrogens with one attached hydrogen (secondary N) is 1. The lowest BCUT2D eigenvalue weighted by Crippen LogP contribution is -2.26. The molecule has 0 saturated heterocycles. The van der Waals surface area contributed by atoms with E-state index in [2.05, 4.69) is 15.3 Å². The predicted molar refractivity (Wildman–Crippen MR) is 99.0 cm³/mol. The molecule has 3 rings (SSSR count). The molecular formula is C19H19N3O2S. The number of aryl methyl sites for hydroxylation is 1. The minimum atomic E-state index is -0.174. The summed E-state index contributed by atoms with van der Waals surface area (Å²) in [6.07, 6.45) is 3.46. The Bertz CT molecular complexity index is 877. The molecule has 2 heterocycles. The molecule has 0 aliphatic rings. The van der Waals surface area contributed by atoms with E-state index in [1.807, 2.05) is 50.2 Å². The second-order valence-electron chi connectivity index (χ2n) is 5.61. The van der Waals surface area contributed by atoms with Crippen molar-refractivity contribution in [2.24, 2.45) is 0 Å². The molecule has 0 aliphatic carbocycles. The van der Waals surface area contributed by atoms with E-state index in [-0.39, 0.29) is 11.9 Å². The van der Waals surface area contributed by atoms with Gasteiger partial charge in [-0.15, -0.1) is 11.3 Å². The molecule has 3 aromatic rings. The van der Waals surface area contributed by atoms with Crippen LogP contribution in [0.3, 0.4) is 0 Å². The summed E-state index contributed by atoms with van der Waals surface area (Å²) in [5.41, 5.74) is 2.56. The Morgan fingerprint density at radius 3 is 2.76 bits per heavy atom. The first kappa shape index (κ1) is 17.1. The number of ether oxygens (including phenoxy) is 1. The SMILES string of the molecule is COc1ccccc1C(C)NC(=O)c1sc(-c2cccnc2)nc1C. The second-order valence-corrected chi connectivity index (χ2v) is 6.61. The largest absolute Gasteiger partial charge is 0.496 e. The summed E-state index contributed by atoms with van der Waals surface area (Å²) in [4.78, 5) is 21.9. The molecule has 2 aromatic heterocycles. The topological polar surface area (TPSA) is 64.1 Å². The molecule has 1 unspecified atom stereocenters. The van der Waals surface area contributed by atoms with Gasteiger partial charge in [0.2, 0.25) is 0 Å². The number of para-hydroxylation sites is 1. The average molecular weight is 353 g/mol. The molecular weight excluding hydrogens is 334 g/mol. The van der Waals surface area contributed by atoms with Gasteiger partial charge in [-0.05, 0) is 32.0 Å². The van der Waals surface area contributed by atoms with Crippen LogP contribution in [-0.4, -0.2) is 23.0 Å². The van der Waals surface area contributed by atoms with Crippen molar-refractivity contribution in [3.05, 3.63) is 64.9 Å². The zero-order chi connectivity index (χ0) is 17.8. The van der Waals surface area contributed by atoms with Gasteiger partial charge in [-0.25, -0.2) is 4.98 Å². The molecule has 1 N–H and O–H groups in total. The second kappa shape index (κ2) is 7.44. The summed E-state index contributed by atoms with van der Waals surface area (Å²) >= 11 is 1.37. The highest BCUT2D eigenvalue weighted by molar-refractivity contribution is 7.17. The van der Waals surface area contributed by atoms with Crippen LogP contribution in [0.15, 0.2) is 48.8 Å². The third kappa shape index (κ3) is 3.69. The fourth-order valence-electron chi connectivity index (χ4n) is 2.58. The molecule has 6 heteroatoms. The highest BCUT2D eigenvalue weighted by Crippen LogP contribution is 2.29. The van der Waals surface area contributed by atoms with Gasteiger partial charge in [0.15, 0.2) is 0 Å². The lowest BCUT2D eigenvalue weighted by atomic mass is 10.1. The molecule has 1 amide bonds. The number of pyridine rings is 1. The lowest BCUT2D eigenvalue weighted by Gasteiger charge is -2.16. The summed E-state index contributed by atoms with van der Waals surface area (Å²) in [7, 11) is 1.63. The number of hydrogen-bond acceptors (Lipinski definition) is 5. The van der Waals surface area contributed by atoms with Crippen LogP contribution >= 0.6 is 11.3 Å². The summed E-state index contributed by atoms with van der Waals surface area (Å²) in [5, 5.41) is 3.82. The number of nitrogens with zero attached hydrogens (tertiary/aromatic N) is 2. The summed E-state index contributed by atoms with van der Waals surface area (Å²) in [6, 6.07) is 11.3.